The third-order valence-corrected chi connectivity index (χ3v) is 1.52. The van der Waals surface area contributed by atoms with E-state index in [2.05, 4.69) is 4.98 Å². The van der Waals surface area contributed by atoms with Gasteiger partial charge in [-0.3, -0.25) is 0 Å². The maximum absolute atomic E-state index is 10.5. The quantitative estimate of drug-likeness (QED) is 0.505. The fraction of sp³-hybridized carbons (Fsp3) is 0.286. The van der Waals surface area contributed by atoms with E-state index in [0.29, 0.717) is 0 Å². The Kier molecular flexibility index (Phi) is 2.63. The number of carboxylic acids is 2. The summed E-state index contributed by atoms with van der Waals surface area (Å²) in [5.74, 6) is -2.91. The molecule has 0 spiro atoms. The average Bonchev–Trinajstić information content (AvgIpc) is 2.50. The number of carboxylic acid groups (broad SMARTS) is 2. The molecule has 1 rings (SSSR count). The van der Waals surface area contributed by atoms with Gasteiger partial charge in [0.05, 0.1) is 18.3 Å². The fourth-order valence-electron chi connectivity index (χ4n) is 0.922. The number of rotatable bonds is 4. The molecule has 0 radical (unpaired) electrons. The number of hydrogen-bond donors (Lipinski definition) is 0. The summed E-state index contributed by atoms with van der Waals surface area (Å²) in [5.41, 5.74) is 0. The fourth-order valence-corrected chi connectivity index (χ4v) is 0.922. The molecule has 6 heteroatoms. The van der Waals surface area contributed by atoms with Gasteiger partial charge in [-0.1, -0.05) is 0 Å². The SMILES string of the molecule is O=C([O-])C[C@@H](C(=O)[O-])n1ccnc1. The summed E-state index contributed by atoms with van der Waals surface area (Å²) in [6.07, 6.45) is 3.29. The predicted octanol–water partition coefficient (Wildman–Crippen LogP) is -2.69. The summed E-state index contributed by atoms with van der Waals surface area (Å²) in [5, 5.41) is 20.7. The molecule has 0 aromatic carbocycles. The molecule has 0 amide bonds. The third kappa shape index (κ3) is 2.29. The number of carbonyl (C=O) groups is 2. The molecule has 0 unspecified atom stereocenters. The smallest absolute Gasteiger partial charge is 0.0952 e. The zero-order valence-electron chi connectivity index (χ0n) is 6.54. The van der Waals surface area contributed by atoms with Gasteiger partial charge in [0.1, 0.15) is 0 Å². The molecule has 0 aliphatic rings. The lowest BCUT2D eigenvalue weighted by molar-refractivity contribution is -0.319. The second kappa shape index (κ2) is 3.70. The zero-order chi connectivity index (χ0) is 9.84. The van der Waals surface area contributed by atoms with E-state index in [1.54, 1.807) is 0 Å². The van der Waals surface area contributed by atoms with Gasteiger partial charge < -0.3 is 24.4 Å². The molecular formula is C7H6N2O4-2. The Bertz CT molecular complexity index is 306. The summed E-state index contributed by atoms with van der Waals surface area (Å²) < 4.78 is 1.14. The van der Waals surface area contributed by atoms with E-state index < -0.39 is 24.4 Å². The van der Waals surface area contributed by atoms with E-state index in [0.717, 1.165) is 4.57 Å². The monoisotopic (exact) mass is 182 g/mol. The first-order valence-corrected chi connectivity index (χ1v) is 3.49. The standard InChI is InChI=1S/C7H8N2O4/c10-6(11)3-5(7(12)13)9-2-1-8-4-9/h1-2,4-5H,3H2,(H,10,11)(H,12,13)/p-2/t5-/m0/s1. The van der Waals surface area contributed by atoms with Gasteiger partial charge in [0.25, 0.3) is 0 Å². The highest BCUT2D eigenvalue weighted by atomic mass is 16.4. The predicted molar refractivity (Wildman–Crippen MR) is 35.9 cm³/mol. The molecule has 1 atom stereocenters. The van der Waals surface area contributed by atoms with Gasteiger partial charge in [-0.2, -0.15) is 0 Å². The van der Waals surface area contributed by atoms with Crippen LogP contribution in [0.1, 0.15) is 12.5 Å². The van der Waals surface area contributed by atoms with Crippen molar-refractivity contribution in [2.45, 2.75) is 12.5 Å². The lowest BCUT2D eigenvalue weighted by atomic mass is 10.2. The number of carbonyl (C=O) groups excluding carboxylic acids is 2. The zero-order valence-corrected chi connectivity index (χ0v) is 6.54. The molecule has 1 aromatic heterocycles. The summed E-state index contributed by atoms with van der Waals surface area (Å²) in [6, 6.07) is -1.26. The van der Waals surface area contributed by atoms with E-state index in [4.69, 9.17) is 0 Å². The molecule has 0 bridgehead atoms. The van der Waals surface area contributed by atoms with Gasteiger partial charge >= 0.3 is 0 Å². The minimum Gasteiger partial charge on any atom is -0.550 e. The summed E-state index contributed by atoms with van der Waals surface area (Å²) >= 11 is 0. The van der Waals surface area contributed by atoms with E-state index in [9.17, 15) is 19.8 Å². The second-order valence-corrected chi connectivity index (χ2v) is 2.42. The highest BCUT2D eigenvalue weighted by Gasteiger charge is 2.11. The van der Waals surface area contributed by atoms with Crippen molar-refractivity contribution in [3.63, 3.8) is 0 Å². The second-order valence-electron chi connectivity index (χ2n) is 2.42. The van der Waals surface area contributed by atoms with Gasteiger partial charge in [-0.15, -0.1) is 0 Å². The topological polar surface area (TPSA) is 98.1 Å². The number of aliphatic carboxylic acids is 2. The Balaban J connectivity index is 2.81. The first kappa shape index (κ1) is 9.24. The van der Waals surface area contributed by atoms with Gasteiger partial charge in [-0.25, -0.2) is 4.98 Å². The summed E-state index contributed by atoms with van der Waals surface area (Å²) in [7, 11) is 0. The van der Waals surface area contributed by atoms with Gasteiger partial charge in [0.2, 0.25) is 0 Å². The van der Waals surface area contributed by atoms with E-state index in [1.807, 2.05) is 0 Å². The van der Waals surface area contributed by atoms with Crippen molar-refractivity contribution >= 4 is 11.9 Å². The van der Waals surface area contributed by atoms with Crippen LogP contribution in [0.4, 0.5) is 0 Å². The van der Waals surface area contributed by atoms with Crippen LogP contribution in [0.15, 0.2) is 18.7 Å². The molecule has 0 aliphatic heterocycles. The van der Waals surface area contributed by atoms with E-state index in [-0.39, 0.29) is 0 Å². The minimum atomic E-state index is -1.47. The molecule has 0 N–H and O–H groups in total. The van der Waals surface area contributed by atoms with Crippen molar-refractivity contribution in [2.75, 3.05) is 0 Å². The van der Waals surface area contributed by atoms with Gasteiger partial charge in [-0.05, 0) is 0 Å². The maximum Gasteiger partial charge on any atom is 0.0952 e. The Morgan fingerprint density at radius 1 is 1.46 bits per heavy atom. The van der Waals surface area contributed by atoms with Crippen molar-refractivity contribution in [3.05, 3.63) is 18.7 Å². The molecule has 1 aromatic rings. The molecule has 0 saturated heterocycles. The molecule has 1 heterocycles. The Morgan fingerprint density at radius 2 is 2.15 bits per heavy atom. The number of imidazole rings is 1. The van der Waals surface area contributed by atoms with Crippen molar-refractivity contribution in [1.82, 2.24) is 9.55 Å². The van der Waals surface area contributed by atoms with Crippen LogP contribution in [0.3, 0.4) is 0 Å². The van der Waals surface area contributed by atoms with Gasteiger partial charge in [0, 0.05) is 24.8 Å². The van der Waals surface area contributed by atoms with Crippen LogP contribution in [0, 0.1) is 0 Å². The number of hydrogen-bond acceptors (Lipinski definition) is 5. The molecule has 0 saturated carbocycles. The van der Waals surface area contributed by atoms with Gasteiger partial charge in [0.15, 0.2) is 0 Å². The van der Waals surface area contributed by atoms with E-state index in [1.165, 1.54) is 18.7 Å². The highest BCUT2D eigenvalue weighted by molar-refractivity contribution is 5.76. The molecule has 6 nitrogen and oxygen atoms in total. The van der Waals surface area contributed by atoms with Crippen LogP contribution in [0.2, 0.25) is 0 Å². The van der Waals surface area contributed by atoms with Crippen LogP contribution in [-0.2, 0) is 9.59 Å². The Hall–Kier alpha value is -1.85. The van der Waals surface area contributed by atoms with Crippen molar-refractivity contribution in [1.29, 1.82) is 0 Å². The lowest BCUT2D eigenvalue weighted by Crippen LogP contribution is -2.37. The Labute approximate surface area is 73.4 Å². The molecular weight excluding hydrogens is 176 g/mol. The Morgan fingerprint density at radius 3 is 2.54 bits per heavy atom. The molecule has 70 valence electrons. The van der Waals surface area contributed by atoms with Crippen LogP contribution in [0.25, 0.3) is 0 Å². The number of nitrogens with zero attached hydrogens (tertiary/aromatic N) is 2. The van der Waals surface area contributed by atoms with E-state index >= 15 is 0 Å². The van der Waals surface area contributed by atoms with Crippen molar-refractivity contribution in [3.8, 4) is 0 Å². The highest BCUT2D eigenvalue weighted by Crippen LogP contribution is 2.08. The number of aromatic nitrogens is 2. The van der Waals surface area contributed by atoms with Crippen LogP contribution >= 0.6 is 0 Å². The maximum atomic E-state index is 10.5. The van der Waals surface area contributed by atoms with Crippen molar-refractivity contribution < 1.29 is 19.8 Å². The van der Waals surface area contributed by atoms with Crippen LogP contribution < -0.4 is 10.2 Å². The first-order valence-electron chi connectivity index (χ1n) is 3.49. The third-order valence-electron chi connectivity index (χ3n) is 1.52. The summed E-state index contributed by atoms with van der Waals surface area (Å²) in [4.78, 5) is 24.2. The van der Waals surface area contributed by atoms with Crippen LogP contribution in [0.5, 0.6) is 0 Å². The summed E-state index contributed by atoms with van der Waals surface area (Å²) in [6.45, 7) is 0. The first-order chi connectivity index (χ1) is 6.11. The molecule has 0 fully saturated rings. The molecule has 13 heavy (non-hydrogen) atoms. The molecule has 0 aliphatic carbocycles. The van der Waals surface area contributed by atoms with Crippen LogP contribution in [-0.4, -0.2) is 21.5 Å². The lowest BCUT2D eigenvalue weighted by Gasteiger charge is -2.19. The van der Waals surface area contributed by atoms with Crippen molar-refractivity contribution in [2.24, 2.45) is 0 Å². The average molecular weight is 182 g/mol. The minimum absolute atomic E-state index is 0.626. The largest absolute Gasteiger partial charge is 0.550 e. The normalized spacial score (nSPS) is 12.3.